The van der Waals surface area contributed by atoms with Crippen molar-refractivity contribution in [2.24, 2.45) is 0 Å². The van der Waals surface area contributed by atoms with Crippen LogP contribution in [0.5, 0.6) is 5.75 Å². The van der Waals surface area contributed by atoms with Crippen molar-refractivity contribution in [3.05, 3.63) is 30.0 Å². The van der Waals surface area contributed by atoms with E-state index in [9.17, 15) is 0 Å². The predicted octanol–water partition coefficient (Wildman–Crippen LogP) is 1.98. The van der Waals surface area contributed by atoms with Crippen LogP contribution in [-0.4, -0.2) is 16.8 Å². The van der Waals surface area contributed by atoms with Gasteiger partial charge in [0.15, 0.2) is 0 Å². The van der Waals surface area contributed by atoms with Crippen molar-refractivity contribution in [3.63, 3.8) is 0 Å². The van der Waals surface area contributed by atoms with Crippen molar-refractivity contribution >= 4 is 5.82 Å². The van der Waals surface area contributed by atoms with E-state index < -0.39 is 0 Å². The molecule has 1 aromatic heterocycles. The number of ether oxygens (including phenoxy) is 1. The number of aryl methyl sites for hydroxylation is 1. The van der Waals surface area contributed by atoms with Gasteiger partial charge < -0.3 is 10.5 Å². The normalized spacial score (nSPS) is 14.2. The van der Waals surface area contributed by atoms with Gasteiger partial charge in [-0.05, 0) is 18.4 Å². The molecule has 2 aromatic rings. The monoisotopic (exact) mass is 215 g/mol. The zero-order valence-corrected chi connectivity index (χ0v) is 8.86. The molecule has 16 heavy (non-hydrogen) atoms. The maximum Gasteiger partial charge on any atom is 0.130 e. The van der Waals surface area contributed by atoms with E-state index in [2.05, 4.69) is 16.3 Å². The van der Waals surface area contributed by atoms with Crippen molar-refractivity contribution in [1.29, 1.82) is 0 Å². The van der Waals surface area contributed by atoms with E-state index in [1.165, 1.54) is 5.56 Å². The third-order valence-electron chi connectivity index (χ3n) is 2.89. The standard InChI is InChI=1S/C12H13N3O/c13-12-10(7-14-15-12)9-5-1-3-8-4-2-6-16-11(8)9/h1,3,5,7H,2,4,6H2,(H3,13,14,15). The third-order valence-corrected chi connectivity index (χ3v) is 2.89. The Morgan fingerprint density at radius 2 is 2.25 bits per heavy atom. The molecule has 2 heterocycles. The quantitative estimate of drug-likeness (QED) is 0.764. The van der Waals surface area contributed by atoms with Crippen molar-refractivity contribution in [3.8, 4) is 16.9 Å². The van der Waals surface area contributed by atoms with Gasteiger partial charge in [0.1, 0.15) is 11.6 Å². The van der Waals surface area contributed by atoms with Gasteiger partial charge in [-0.2, -0.15) is 5.10 Å². The molecule has 0 amide bonds. The van der Waals surface area contributed by atoms with E-state index in [-0.39, 0.29) is 0 Å². The van der Waals surface area contributed by atoms with Crippen LogP contribution < -0.4 is 10.5 Å². The first kappa shape index (κ1) is 9.27. The van der Waals surface area contributed by atoms with E-state index in [0.29, 0.717) is 5.82 Å². The fraction of sp³-hybridized carbons (Fsp3) is 0.250. The highest BCUT2D eigenvalue weighted by atomic mass is 16.5. The number of nitrogens with two attached hydrogens (primary N) is 1. The number of nitrogens with one attached hydrogen (secondary N) is 1. The molecular formula is C12H13N3O. The van der Waals surface area contributed by atoms with Crippen LogP contribution in [0.25, 0.3) is 11.1 Å². The molecule has 0 unspecified atom stereocenters. The lowest BCUT2D eigenvalue weighted by atomic mass is 9.99. The molecule has 0 fully saturated rings. The zero-order valence-electron chi connectivity index (χ0n) is 8.86. The highest BCUT2D eigenvalue weighted by Gasteiger charge is 2.17. The smallest absolute Gasteiger partial charge is 0.130 e. The summed E-state index contributed by atoms with van der Waals surface area (Å²) >= 11 is 0. The van der Waals surface area contributed by atoms with Gasteiger partial charge in [-0.15, -0.1) is 0 Å². The van der Waals surface area contributed by atoms with E-state index in [4.69, 9.17) is 10.5 Å². The number of aromatic amines is 1. The Bertz CT molecular complexity index is 519. The number of H-pyrrole nitrogens is 1. The third kappa shape index (κ3) is 1.34. The second kappa shape index (κ2) is 3.56. The van der Waals surface area contributed by atoms with Crippen LogP contribution in [0.2, 0.25) is 0 Å². The lowest BCUT2D eigenvalue weighted by Gasteiger charge is -2.19. The molecule has 0 saturated heterocycles. The fourth-order valence-corrected chi connectivity index (χ4v) is 2.11. The molecule has 1 aliphatic heterocycles. The Morgan fingerprint density at radius 3 is 3.06 bits per heavy atom. The van der Waals surface area contributed by atoms with Crippen LogP contribution in [0.15, 0.2) is 24.4 Å². The first-order valence-electron chi connectivity index (χ1n) is 5.40. The van der Waals surface area contributed by atoms with E-state index in [1.54, 1.807) is 6.20 Å². The number of benzene rings is 1. The van der Waals surface area contributed by atoms with Gasteiger partial charge in [-0.1, -0.05) is 18.2 Å². The molecule has 4 heteroatoms. The first-order valence-corrected chi connectivity index (χ1v) is 5.40. The van der Waals surface area contributed by atoms with Gasteiger partial charge in [0, 0.05) is 11.1 Å². The van der Waals surface area contributed by atoms with Crippen molar-refractivity contribution in [2.75, 3.05) is 12.3 Å². The highest BCUT2D eigenvalue weighted by molar-refractivity contribution is 5.79. The lowest BCUT2D eigenvalue weighted by molar-refractivity contribution is 0.289. The summed E-state index contributed by atoms with van der Waals surface area (Å²) in [4.78, 5) is 0. The molecule has 0 atom stereocenters. The summed E-state index contributed by atoms with van der Waals surface area (Å²) in [5.41, 5.74) is 9.03. The minimum absolute atomic E-state index is 0.586. The van der Waals surface area contributed by atoms with Gasteiger partial charge >= 0.3 is 0 Å². The van der Waals surface area contributed by atoms with E-state index >= 15 is 0 Å². The number of rotatable bonds is 1. The molecule has 0 saturated carbocycles. The summed E-state index contributed by atoms with van der Waals surface area (Å²) in [7, 11) is 0. The van der Waals surface area contributed by atoms with Crippen molar-refractivity contribution < 1.29 is 4.74 Å². The van der Waals surface area contributed by atoms with Crippen molar-refractivity contribution in [2.45, 2.75) is 12.8 Å². The Morgan fingerprint density at radius 1 is 1.31 bits per heavy atom. The van der Waals surface area contributed by atoms with E-state index in [0.717, 1.165) is 36.3 Å². The van der Waals surface area contributed by atoms with Crippen LogP contribution in [0.4, 0.5) is 5.82 Å². The second-order valence-electron chi connectivity index (χ2n) is 3.94. The topological polar surface area (TPSA) is 63.9 Å². The summed E-state index contributed by atoms with van der Waals surface area (Å²) in [5, 5.41) is 6.69. The molecule has 0 aliphatic carbocycles. The average molecular weight is 215 g/mol. The van der Waals surface area contributed by atoms with Gasteiger partial charge in [0.25, 0.3) is 0 Å². The van der Waals surface area contributed by atoms with Crippen molar-refractivity contribution in [1.82, 2.24) is 10.2 Å². The molecule has 1 aromatic carbocycles. The van der Waals surface area contributed by atoms with Crippen LogP contribution >= 0.6 is 0 Å². The predicted molar refractivity (Wildman–Crippen MR) is 62.3 cm³/mol. The maximum absolute atomic E-state index is 5.83. The van der Waals surface area contributed by atoms with Crippen LogP contribution in [0, 0.1) is 0 Å². The van der Waals surface area contributed by atoms with Gasteiger partial charge in [0.05, 0.1) is 12.8 Å². The number of nitrogen functional groups attached to an aromatic ring is 1. The van der Waals surface area contributed by atoms with Gasteiger partial charge in [0.2, 0.25) is 0 Å². The molecule has 0 spiro atoms. The number of para-hydroxylation sites is 1. The molecule has 0 radical (unpaired) electrons. The molecule has 0 bridgehead atoms. The minimum atomic E-state index is 0.586. The number of hydrogen-bond donors (Lipinski definition) is 2. The zero-order chi connectivity index (χ0) is 11.0. The molecule has 3 rings (SSSR count). The summed E-state index contributed by atoms with van der Waals surface area (Å²) < 4.78 is 5.74. The van der Waals surface area contributed by atoms with E-state index in [1.807, 2.05) is 12.1 Å². The Balaban J connectivity index is 2.18. The molecule has 4 nitrogen and oxygen atoms in total. The number of anilines is 1. The average Bonchev–Trinajstić information content (AvgIpc) is 2.75. The number of aromatic nitrogens is 2. The lowest BCUT2D eigenvalue weighted by Crippen LogP contribution is -2.09. The summed E-state index contributed by atoms with van der Waals surface area (Å²) in [5.74, 6) is 1.55. The second-order valence-corrected chi connectivity index (χ2v) is 3.94. The number of hydrogen-bond acceptors (Lipinski definition) is 3. The largest absolute Gasteiger partial charge is 0.493 e. The van der Waals surface area contributed by atoms with Crippen LogP contribution in [-0.2, 0) is 6.42 Å². The highest BCUT2D eigenvalue weighted by Crippen LogP contribution is 2.37. The van der Waals surface area contributed by atoms with Gasteiger partial charge in [-0.3, -0.25) is 5.10 Å². The number of nitrogens with zero attached hydrogens (tertiary/aromatic N) is 1. The van der Waals surface area contributed by atoms with Crippen LogP contribution in [0.1, 0.15) is 12.0 Å². The Hall–Kier alpha value is -1.97. The number of fused-ring (bicyclic) bond motifs is 1. The Kier molecular flexibility index (Phi) is 2.06. The first-order chi connectivity index (χ1) is 7.86. The minimum Gasteiger partial charge on any atom is -0.493 e. The molecule has 3 N–H and O–H groups in total. The summed E-state index contributed by atoms with van der Waals surface area (Å²) in [6.45, 7) is 0.780. The molecular weight excluding hydrogens is 202 g/mol. The Labute approximate surface area is 93.4 Å². The fourth-order valence-electron chi connectivity index (χ4n) is 2.11. The van der Waals surface area contributed by atoms with Crippen LogP contribution in [0.3, 0.4) is 0 Å². The molecule has 1 aliphatic rings. The SMILES string of the molecule is Nc1[nH]ncc1-c1cccc2c1OCCC2. The molecule has 82 valence electrons. The summed E-state index contributed by atoms with van der Waals surface area (Å²) in [6, 6.07) is 6.16. The maximum atomic E-state index is 5.83. The van der Waals surface area contributed by atoms with Gasteiger partial charge in [-0.25, -0.2) is 0 Å². The summed E-state index contributed by atoms with van der Waals surface area (Å²) in [6.07, 6.45) is 3.89.